The number of quaternary nitrogens is 1. The molecule has 2 N–H and O–H groups in total. The van der Waals surface area contributed by atoms with Crippen LogP contribution in [0.5, 0.6) is 5.75 Å². The van der Waals surface area contributed by atoms with Crippen molar-refractivity contribution in [1.29, 1.82) is 0 Å². The highest BCUT2D eigenvalue weighted by Gasteiger charge is 2.09. The summed E-state index contributed by atoms with van der Waals surface area (Å²) in [6.07, 6.45) is 0.948. The Kier molecular flexibility index (Phi) is 5.41. The molecular formula is C20H21ClNO3+. The molecule has 4 nitrogen and oxygen atoms in total. The highest BCUT2D eigenvalue weighted by molar-refractivity contribution is 6.32. The number of nitrogens with two attached hydrogens (primary N) is 1. The van der Waals surface area contributed by atoms with Crippen LogP contribution in [-0.2, 0) is 13.0 Å². The van der Waals surface area contributed by atoms with Gasteiger partial charge >= 0.3 is 5.63 Å². The number of halogens is 1. The van der Waals surface area contributed by atoms with Crippen LogP contribution < -0.4 is 15.7 Å². The minimum Gasteiger partial charge on any atom is -0.497 e. The van der Waals surface area contributed by atoms with E-state index in [2.05, 4.69) is 17.4 Å². The molecular weight excluding hydrogens is 338 g/mol. The lowest BCUT2D eigenvalue weighted by Gasteiger charge is -2.07. The Morgan fingerprint density at radius 3 is 2.64 bits per heavy atom. The first-order valence-electron chi connectivity index (χ1n) is 8.24. The fourth-order valence-corrected chi connectivity index (χ4v) is 3.00. The first kappa shape index (κ1) is 17.5. The molecule has 0 aliphatic carbocycles. The molecule has 5 heteroatoms. The highest BCUT2D eigenvalue weighted by atomic mass is 35.5. The van der Waals surface area contributed by atoms with Crippen molar-refractivity contribution in [1.82, 2.24) is 0 Å². The minimum absolute atomic E-state index is 0.326. The minimum atomic E-state index is -0.326. The third-order valence-corrected chi connectivity index (χ3v) is 4.68. The average Bonchev–Trinajstić information content (AvgIpc) is 2.60. The van der Waals surface area contributed by atoms with Gasteiger partial charge in [-0.15, -0.1) is 0 Å². The number of rotatable bonds is 6. The Bertz CT molecular complexity index is 932. The van der Waals surface area contributed by atoms with E-state index in [9.17, 15) is 4.79 Å². The van der Waals surface area contributed by atoms with E-state index in [1.807, 2.05) is 31.2 Å². The van der Waals surface area contributed by atoms with Gasteiger partial charge in [-0.3, -0.25) is 0 Å². The van der Waals surface area contributed by atoms with Gasteiger partial charge in [0.1, 0.15) is 17.9 Å². The van der Waals surface area contributed by atoms with Crippen LogP contribution in [0.15, 0.2) is 51.7 Å². The molecule has 0 saturated carbocycles. The van der Waals surface area contributed by atoms with Crippen molar-refractivity contribution < 1.29 is 14.5 Å². The summed E-state index contributed by atoms with van der Waals surface area (Å²) < 4.78 is 10.5. The molecule has 0 amide bonds. The van der Waals surface area contributed by atoms with E-state index in [1.165, 1.54) is 5.56 Å². The SMILES string of the molecule is COc1ccc(CC[NH2+]Cc2cc(=O)oc3cc(C)c(Cl)cc23)cc1. The zero-order valence-corrected chi connectivity index (χ0v) is 15.1. The second-order valence-electron chi connectivity index (χ2n) is 6.07. The predicted octanol–water partition coefficient (Wildman–Crippen LogP) is 3.07. The summed E-state index contributed by atoms with van der Waals surface area (Å²) in [5.41, 5.74) is 3.37. The smallest absolute Gasteiger partial charge is 0.336 e. The van der Waals surface area contributed by atoms with E-state index in [0.717, 1.165) is 35.2 Å². The third kappa shape index (κ3) is 4.21. The molecule has 0 atom stereocenters. The lowest BCUT2D eigenvalue weighted by atomic mass is 10.1. The molecule has 3 rings (SSSR count). The summed E-state index contributed by atoms with van der Waals surface area (Å²) in [4.78, 5) is 11.8. The fraction of sp³-hybridized carbons (Fsp3) is 0.250. The van der Waals surface area contributed by atoms with Crippen molar-refractivity contribution in [3.8, 4) is 5.75 Å². The molecule has 0 saturated heterocycles. The Balaban J connectivity index is 1.68. The van der Waals surface area contributed by atoms with E-state index >= 15 is 0 Å². The number of fused-ring (bicyclic) bond motifs is 1. The van der Waals surface area contributed by atoms with Gasteiger partial charge in [-0.05, 0) is 42.3 Å². The van der Waals surface area contributed by atoms with Gasteiger partial charge < -0.3 is 14.5 Å². The van der Waals surface area contributed by atoms with Gasteiger partial charge in [0, 0.05) is 28.5 Å². The van der Waals surface area contributed by atoms with Gasteiger partial charge in [0.05, 0.1) is 13.7 Å². The molecule has 0 radical (unpaired) electrons. The normalized spacial score (nSPS) is 11.0. The maximum atomic E-state index is 11.8. The van der Waals surface area contributed by atoms with Gasteiger partial charge in [0.15, 0.2) is 0 Å². The highest BCUT2D eigenvalue weighted by Crippen LogP contribution is 2.24. The van der Waals surface area contributed by atoms with Crippen LogP contribution in [0.1, 0.15) is 16.7 Å². The lowest BCUT2D eigenvalue weighted by molar-refractivity contribution is -0.670. The van der Waals surface area contributed by atoms with Crippen LogP contribution in [-0.4, -0.2) is 13.7 Å². The number of hydrogen-bond acceptors (Lipinski definition) is 3. The molecule has 130 valence electrons. The van der Waals surface area contributed by atoms with Crippen LogP contribution in [0, 0.1) is 6.92 Å². The van der Waals surface area contributed by atoms with Crippen molar-refractivity contribution >= 4 is 22.6 Å². The first-order chi connectivity index (χ1) is 12.1. The Labute approximate surface area is 151 Å². The van der Waals surface area contributed by atoms with E-state index < -0.39 is 0 Å². The zero-order chi connectivity index (χ0) is 17.8. The van der Waals surface area contributed by atoms with E-state index in [0.29, 0.717) is 17.2 Å². The van der Waals surface area contributed by atoms with E-state index in [-0.39, 0.29) is 5.63 Å². The molecule has 0 bridgehead atoms. The number of ether oxygens (including phenoxy) is 1. The van der Waals surface area contributed by atoms with Crippen LogP contribution in [0.4, 0.5) is 0 Å². The molecule has 0 unspecified atom stereocenters. The second kappa shape index (κ2) is 7.72. The quantitative estimate of drug-likeness (QED) is 0.544. The van der Waals surface area contributed by atoms with Crippen LogP contribution in [0.2, 0.25) is 5.02 Å². The van der Waals surface area contributed by atoms with Crippen molar-refractivity contribution in [2.24, 2.45) is 0 Å². The maximum Gasteiger partial charge on any atom is 0.336 e. The Hall–Kier alpha value is -2.30. The van der Waals surface area contributed by atoms with Crippen molar-refractivity contribution in [3.05, 3.63) is 74.6 Å². The Morgan fingerprint density at radius 1 is 1.16 bits per heavy atom. The van der Waals surface area contributed by atoms with Crippen molar-refractivity contribution in [2.45, 2.75) is 19.9 Å². The molecule has 0 fully saturated rings. The molecule has 0 aliphatic rings. The average molecular weight is 359 g/mol. The first-order valence-corrected chi connectivity index (χ1v) is 8.62. The summed E-state index contributed by atoms with van der Waals surface area (Å²) in [6.45, 7) is 3.53. The number of benzene rings is 2. The molecule has 1 heterocycles. The fourth-order valence-electron chi connectivity index (χ4n) is 2.84. The lowest BCUT2D eigenvalue weighted by Crippen LogP contribution is -2.83. The van der Waals surface area contributed by atoms with Gasteiger partial charge in [-0.1, -0.05) is 23.7 Å². The van der Waals surface area contributed by atoms with Gasteiger partial charge in [0.2, 0.25) is 0 Å². The summed E-state index contributed by atoms with van der Waals surface area (Å²) in [6, 6.07) is 13.3. The molecule has 1 aromatic heterocycles. The summed E-state index contributed by atoms with van der Waals surface area (Å²) in [5, 5.41) is 3.77. The topological polar surface area (TPSA) is 56.0 Å². The summed E-state index contributed by atoms with van der Waals surface area (Å²) in [7, 11) is 1.66. The summed E-state index contributed by atoms with van der Waals surface area (Å²) >= 11 is 6.23. The third-order valence-electron chi connectivity index (χ3n) is 4.27. The Morgan fingerprint density at radius 2 is 1.92 bits per heavy atom. The molecule has 0 aliphatic heterocycles. The molecule has 25 heavy (non-hydrogen) atoms. The maximum absolute atomic E-state index is 11.8. The van der Waals surface area contributed by atoms with Crippen LogP contribution in [0.25, 0.3) is 11.0 Å². The summed E-state index contributed by atoms with van der Waals surface area (Å²) in [5.74, 6) is 0.863. The van der Waals surface area contributed by atoms with Gasteiger partial charge in [-0.2, -0.15) is 0 Å². The van der Waals surface area contributed by atoms with Crippen LogP contribution in [0.3, 0.4) is 0 Å². The van der Waals surface area contributed by atoms with Crippen molar-refractivity contribution in [2.75, 3.05) is 13.7 Å². The zero-order valence-electron chi connectivity index (χ0n) is 14.3. The molecule has 3 aromatic rings. The molecule has 0 spiro atoms. The van der Waals surface area contributed by atoms with Gasteiger partial charge in [0.25, 0.3) is 0 Å². The number of hydrogen-bond donors (Lipinski definition) is 1. The number of aryl methyl sites for hydroxylation is 1. The van der Waals surface area contributed by atoms with Crippen LogP contribution >= 0.6 is 11.6 Å². The van der Waals surface area contributed by atoms with Crippen molar-refractivity contribution in [3.63, 3.8) is 0 Å². The van der Waals surface area contributed by atoms with E-state index in [1.54, 1.807) is 13.2 Å². The monoisotopic (exact) mass is 358 g/mol. The predicted molar refractivity (Wildman–Crippen MR) is 99.4 cm³/mol. The molecule has 2 aromatic carbocycles. The second-order valence-corrected chi connectivity index (χ2v) is 6.47. The number of methoxy groups -OCH3 is 1. The standard InChI is InChI=1S/C20H20ClNO3/c1-13-9-19-17(11-18(13)21)15(10-20(23)25-19)12-22-8-7-14-3-5-16(24-2)6-4-14/h3-6,9-11,22H,7-8,12H2,1-2H3/p+1. The van der Waals surface area contributed by atoms with E-state index in [4.69, 9.17) is 20.8 Å². The van der Waals surface area contributed by atoms with Gasteiger partial charge in [-0.25, -0.2) is 4.79 Å². The largest absolute Gasteiger partial charge is 0.497 e.